The van der Waals surface area contributed by atoms with E-state index in [0.717, 1.165) is 28.0 Å². The van der Waals surface area contributed by atoms with Gasteiger partial charge in [0.15, 0.2) is 11.6 Å². The molecule has 1 aromatic heterocycles. The highest BCUT2D eigenvalue weighted by atomic mass is 32.2. The van der Waals surface area contributed by atoms with Crippen molar-refractivity contribution in [1.82, 2.24) is 4.98 Å². The molecule has 142 valence electrons. The van der Waals surface area contributed by atoms with Gasteiger partial charge in [-0.25, -0.2) is 9.37 Å². The van der Waals surface area contributed by atoms with Crippen LogP contribution >= 0.6 is 11.8 Å². The SMILES string of the molecule is COC(=O)C1CC1c1ccc(OCc2cccc(SCC3CC3)n2)c(F)c1. The van der Waals surface area contributed by atoms with Crippen LogP contribution in [0.5, 0.6) is 5.75 Å². The normalized spacial score (nSPS) is 21.0. The molecule has 1 heterocycles. The molecule has 2 aliphatic rings. The van der Waals surface area contributed by atoms with E-state index in [1.807, 2.05) is 24.3 Å². The number of carbonyl (C=O) groups excluding carboxylic acids is 1. The minimum atomic E-state index is -0.415. The quantitative estimate of drug-likeness (QED) is 0.490. The summed E-state index contributed by atoms with van der Waals surface area (Å²) in [5, 5.41) is 0.987. The zero-order chi connectivity index (χ0) is 18.8. The fourth-order valence-electron chi connectivity index (χ4n) is 3.10. The summed E-state index contributed by atoms with van der Waals surface area (Å²) >= 11 is 1.77. The molecule has 0 radical (unpaired) electrons. The van der Waals surface area contributed by atoms with Gasteiger partial charge >= 0.3 is 5.97 Å². The Morgan fingerprint density at radius 3 is 2.89 bits per heavy atom. The molecule has 0 amide bonds. The van der Waals surface area contributed by atoms with Crippen molar-refractivity contribution in [2.24, 2.45) is 11.8 Å². The van der Waals surface area contributed by atoms with Crippen molar-refractivity contribution in [3.05, 3.63) is 53.5 Å². The van der Waals surface area contributed by atoms with E-state index in [1.54, 1.807) is 17.8 Å². The topological polar surface area (TPSA) is 48.4 Å². The van der Waals surface area contributed by atoms with Crippen LogP contribution in [-0.2, 0) is 16.1 Å². The molecule has 0 spiro atoms. The number of aromatic nitrogens is 1. The molecule has 2 aliphatic carbocycles. The molecule has 6 heteroatoms. The van der Waals surface area contributed by atoms with Crippen molar-refractivity contribution in [3.8, 4) is 5.75 Å². The Labute approximate surface area is 162 Å². The summed E-state index contributed by atoms with van der Waals surface area (Å²) in [4.78, 5) is 16.1. The number of hydrogen-bond donors (Lipinski definition) is 0. The van der Waals surface area contributed by atoms with E-state index in [0.29, 0.717) is 6.42 Å². The van der Waals surface area contributed by atoms with Crippen LogP contribution in [0.25, 0.3) is 0 Å². The van der Waals surface area contributed by atoms with Crippen LogP contribution in [0.3, 0.4) is 0 Å². The smallest absolute Gasteiger partial charge is 0.309 e. The highest BCUT2D eigenvalue weighted by Gasteiger charge is 2.45. The minimum absolute atomic E-state index is 0.0443. The van der Waals surface area contributed by atoms with E-state index in [2.05, 4.69) is 4.98 Å². The van der Waals surface area contributed by atoms with Gasteiger partial charge in [-0.2, -0.15) is 0 Å². The minimum Gasteiger partial charge on any atom is -0.484 e. The first-order valence-electron chi connectivity index (χ1n) is 9.23. The molecule has 1 aromatic carbocycles. The molecule has 4 rings (SSSR count). The average molecular weight is 387 g/mol. The molecule has 27 heavy (non-hydrogen) atoms. The maximum atomic E-state index is 14.4. The third-order valence-corrected chi connectivity index (χ3v) is 6.16. The maximum Gasteiger partial charge on any atom is 0.309 e. The number of hydrogen-bond acceptors (Lipinski definition) is 5. The number of rotatable bonds is 8. The number of benzene rings is 1. The molecule has 2 fully saturated rings. The zero-order valence-corrected chi connectivity index (χ0v) is 16.0. The van der Waals surface area contributed by atoms with Gasteiger partial charge in [0.2, 0.25) is 0 Å². The molecular formula is C21H22FNO3S. The van der Waals surface area contributed by atoms with E-state index in [1.165, 1.54) is 26.0 Å². The summed E-state index contributed by atoms with van der Waals surface area (Å²) in [6.45, 7) is 0.225. The standard InChI is InChI=1S/C21H22FNO3S/c1-25-21(24)17-10-16(17)14-7-8-19(18(22)9-14)26-11-15-3-2-4-20(23-15)27-12-13-5-6-13/h2-4,7-9,13,16-17H,5-6,10-12H2,1H3. The molecule has 0 bridgehead atoms. The number of nitrogens with zero attached hydrogens (tertiary/aromatic N) is 1. The Bertz CT molecular complexity index is 840. The molecular weight excluding hydrogens is 365 g/mol. The van der Waals surface area contributed by atoms with E-state index in [-0.39, 0.29) is 30.2 Å². The number of esters is 1. The summed E-state index contributed by atoms with van der Waals surface area (Å²) in [6.07, 6.45) is 3.36. The highest BCUT2D eigenvalue weighted by molar-refractivity contribution is 7.99. The van der Waals surface area contributed by atoms with E-state index >= 15 is 0 Å². The first-order chi connectivity index (χ1) is 13.1. The number of ether oxygens (including phenoxy) is 2. The van der Waals surface area contributed by atoms with E-state index in [9.17, 15) is 9.18 Å². The lowest BCUT2D eigenvalue weighted by Gasteiger charge is -2.09. The molecule has 4 nitrogen and oxygen atoms in total. The fraction of sp³-hybridized carbons (Fsp3) is 0.429. The fourth-order valence-corrected chi connectivity index (χ4v) is 4.19. The van der Waals surface area contributed by atoms with Crippen LogP contribution in [0.4, 0.5) is 4.39 Å². The van der Waals surface area contributed by atoms with Crippen LogP contribution < -0.4 is 4.74 Å². The molecule has 2 aromatic rings. The van der Waals surface area contributed by atoms with E-state index < -0.39 is 5.82 Å². The van der Waals surface area contributed by atoms with Crippen LogP contribution in [0.15, 0.2) is 41.4 Å². The van der Waals surface area contributed by atoms with Crippen molar-refractivity contribution in [1.29, 1.82) is 0 Å². The third kappa shape index (κ3) is 4.61. The van der Waals surface area contributed by atoms with Crippen LogP contribution in [0.2, 0.25) is 0 Å². The molecule has 2 saturated carbocycles. The predicted molar refractivity (Wildman–Crippen MR) is 101 cm³/mol. The van der Waals surface area contributed by atoms with Gasteiger partial charge in [0, 0.05) is 5.75 Å². The predicted octanol–water partition coefficient (Wildman–Crippen LogP) is 4.58. The van der Waals surface area contributed by atoms with Gasteiger partial charge in [0.25, 0.3) is 0 Å². The summed E-state index contributed by atoms with van der Waals surface area (Å²) in [7, 11) is 1.38. The average Bonchev–Trinajstić information content (AvgIpc) is 3.59. The lowest BCUT2D eigenvalue weighted by atomic mass is 10.1. The molecule has 0 N–H and O–H groups in total. The molecule has 2 atom stereocenters. The van der Waals surface area contributed by atoms with Crippen molar-refractivity contribution in [2.45, 2.75) is 36.8 Å². The Balaban J connectivity index is 1.34. The van der Waals surface area contributed by atoms with Gasteiger partial charge in [0.05, 0.1) is 23.7 Å². The first kappa shape index (κ1) is 18.3. The Morgan fingerprint density at radius 1 is 1.30 bits per heavy atom. The summed E-state index contributed by atoms with van der Waals surface area (Å²) < 4.78 is 24.8. The van der Waals surface area contributed by atoms with Gasteiger partial charge in [-0.05, 0) is 60.9 Å². The zero-order valence-electron chi connectivity index (χ0n) is 15.2. The largest absolute Gasteiger partial charge is 0.484 e. The number of halogens is 1. The van der Waals surface area contributed by atoms with Crippen molar-refractivity contribution in [3.63, 3.8) is 0 Å². The second kappa shape index (κ2) is 7.89. The monoisotopic (exact) mass is 387 g/mol. The van der Waals surface area contributed by atoms with Gasteiger partial charge in [0.1, 0.15) is 6.61 Å². The molecule has 0 aliphatic heterocycles. The number of pyridine rings is 1. The van der Waals surface area contributed by atoms with Crippen LogP contribution in [0, 0.1) is 17.7 Å². The lowest BCUT2D eigenvalue weighted by Crippen LogP contribution is -2.04. The van der Waals surface area contributed by atoms with Crippen molar-refractivity contribution in [2.75, 3.05) is 12.9 Å². The van der Waals surface area contributed by atoms with Crippen LogP contribution in [0.1, 0.15) is 36.4 Å². The number of methoxy groups -OCH3 is 1. The highest BCUT2D eigenvalue weighted by Crippen LogP contribution is 2.48. The van der Waals surface area contributed by atoms with Crippen LogP contribution in [-0.4, -0.2) is 23.8 Å². The maximum absolute atomic E-state index is 14.4. The van der Waals surface area contributed by atoms with Crippen molar-refractivity contribution >= 4 is 17.7 Å². The Kier molecular flexibility index (Phi) is 5.34. The second-order valence-corrected chi connectivity index (χ2v) is 8.21. The first-order valence-corrected chi connectivity index (χ1v) is 10.2. The summed E-state index contributed by atoms with van der Waals surface area (Å²) in [6, 6.07) is 10.8. The summed E-state index contributed by atoms with van der Waals surface area (Å²) in [5.41, 5.74) is 1.60. The molecule has 2 unspecified atom stereocenters. The van der Waals surface area contributed by atoms with Gasteiger partial charge in [-0.1, -0.05) is 12.1 Å². The Hall–Kier alpha value is -2.08. The van der Waals surface area contributed by atoms with Gasteiger partial charge in [-0.15, -0.1) is 11.8 Å². The third-order valence-electron chi connectivity index (χ3n) is 5.00. The number of thioether (sulfide) groups is 1. The second-order valence-electron chi connectivity index (χ2n) is 7.17. The van der Waals surface area contributed by atoms with Gasteiger partial charge in [-0.3, -0.25) is 4.79 Å². The molecule has 0 saturated heterocycles. The van der Waals surface area contributed by atoms with Crippen molar-refractivity contribution < 1.29 is 18.7 Å². The van der Waals surface area contributed by atoms with E-state index in [4.69, 9.17) is 9.47 Å². The lowest BCUT2D eigenvalue weighted by molar-refractivity contribution is -0.142. The van der Waals surface area contributed by atoms with Gasteiger partial charge < -0.3 is 9.47 Å². The summed E-state index contributed by atoms with van der Waals surface area (Å²) in [5.74, 6) is 1.40. The number of carbonyl (C=O) groups is 1. The Morgan fingerprint density at radius 2 is 2.15 bits per heavy atom.